The standard InChI is InChI=1S/C21H24O7/c1-10(2)11-5-6-21-17(28-21)15(26-19(21)23)9-20(3)16(27-20)14-8-12(18(22)24-4)13(7-11)25-14/h8,11,15-17H,1,5-7,9H2,2-4H3/t11-,15+,16+,17+,20-,21+/m0/s1. The Labute approximate surface area is 162 Å². The molecule has 3 fully saturated rings. The number of hydrogen-bond acceptors (Lipinski definition) is 7. The first-order chi connectivity index (χ1) is 13.3. The monoisotopic (exact) mass is 388 g/mol. The minimum absolute atomic E-state index is 0.0424. The minimum Gasteiger partial charge on any atom is -0.465 e. The molecule has 5 rings (SSSR count). The van der Waals surface area contributed by atoms with Crippen LogP contribution in [0.25, 0.3) is 0 Å². The third-order valence-corrected chi connectivity index (χ3v) is 6.66. The fourth-order valence-electron chi connectivity index (χ4n) is 4.78. The summed E-state index contributed by atoms with van der Waals surface area (Å²) in [5.41, 5.74) is 0.0451. The van der Waals surface area contributed by atoms with Crippen molar-refractivity contribution in [1.29, 1.82) is 0 Å². The van der Waals surface area contributed by atoms with E-state index in [1.54, 1.807) is 6.07 Å². The van der Waals surface area contributed by atoms with E-state index in [1.165, 1.54) is 7.11 Å². The van der Waals surface area contributed by atoms with Gasteiger partial charge in [0, 0.05) is 12.8 Å². The van der Waals surface area contributed by atoms with Crippen LogP contribution in [0.15, 0.2) is 22.6 Å². The van der Waals surface area contributed by atoms with Gasteiger partial charge in [0.1, 0.15) is 41.0 Å². The number of fused-ring (bicyclic) bond motifs is 4. The molecule has 0 unspecified atom stereocenters. The predicted octanol–water partition coefficient (Wildman–Crippen LogP) is 2.88. The Morgan fingerprint density at radius 2 is 2.14 bits per heavy atom. The van der Waals surface area contributed by atoms with Crippen LogP contribution in [0.4, 0.5) is 0 Å². The molecule has 0 aliphatic carbocycles. The van der Waals surface area contributed by atoms with E-state index >= 15 is 0 Å². The largest absolute Gasteiger partial charge is 0.465 e. The van der Waals surface area contributed by atoms with Gasteiger partial charge in [0.2, 0.25) is 0 Å². The molecule has 1 aromatic rings. The van der Waals surface area contributed by atoms with Crippen LogP contribution in [0.3, 0.4) is 0 Å². The third kappa shape index (κ3) is 2.49. The number of furan rings is 1. The average Bonchev–Trinajstić information content (AvgIpc) is 3.46. The molecule has 1 aromatic heterocycles. The van der Waals surface area contributed by atoms with Gasteiger partial charge < -0.3 is 23.4 Å². The smallest absolute Gasteiger partial charge is 0.341 e. The fourth-order valence-corrected chi connectivity index (χ4v) is 4.78. The molecular formula is C21H24O7. The van der Waals surface area contributed by atoms with E-state index in [9.17, 15) is 9.59 Å². The lowest BCUT2D eigenvalue weighted by Gasteiger charge is -2.18. The summed E-state index contributed by atoms with van der Waals surface area (Å²) in [6.07, 6.45) is 1.48. The van der Waals surface area contributed by atoms with Gasteiger partial charge in [-0.25, -0.2) is 9.59 Å². The fraction of sp³-hybridized carbons (Fsp3) is 0.619. The van der Waals surface area contributed by atoms with Crippen molar-refractivity contribution in [1.82, 2.24) is 0 Å². The van der Waals surface area contributed by atoms with Crippen molar-refractivity contribution < 1.29 is 33.0 Å². The van der Waals surface area contributed by atoms with Crippen LogP contribution in [0.5, 0.6) is 0 Å². The zero-order valence-corrected chi connectivity index (χ0v) is 16.3. The lowest BCUT2D eigenvalue weighted by atomic mass is 9.85. The highest BCUT2D eigenvalue weighted by Gasteiger charge is 2.74. The Kier molecular flexibility index (Phi) is 3.65. The Bertz CT molecular complexity index is 885. The summed E-state index contributed by atoms with van der Waals surface area (Å²) >= 11 is 0. The number of carbonyl (C=O) groups is 2. The number of epoxide rings is 2. The highest BCUT2D eigenvalue weighted by Crippen LogP contribution is 2.58. The summed E-state index contributed by atoms with van der Waals surface area (Å²) in [6.45, 7) is 8.01. The molecule has 7 heteroatoms. The summed E-state index contributed by atoms with van der Waals surface area (Å²) in [7, 11) is 1.36. The summed E-state index contributed by atoms with van der Waals surface area (Å²) in [6, 6.07) is 1.72. The van der Waals surface area contributed by atoms with Crippen molar-refractivity contribution >= 4 is 11.9 Å². The van der Waals surface area contributed by atoms with Gasteiger partial charge in [-0.2, -0.15) is 0 Å². The van der Waals surface area contributed by atoms with Crippen LogP contribution < -0.4 is 0 Å². The van der Waals surface area contributed by atoms with Crippen molar-refractivity contribution in [2.75, 3.05) is 7.11 Å². The summed E-state index contributed by atoms with van der Waals surface area (Å²) < 4.78 is 28.4. The second kappa shape index (κ2) is 5.70. The van der Waals surface area contributed by atoms with Crippen molar-refractivity contribution in [2.45, 2.75) is 69.0 Å². The predicted molar refractivity (Wildman–Crippen MR) is 95.6 cm³/mol. The van der Waals surface area contributed by atoms with E-state index in [1.807, 2.05) is 13.8 Å². The number of esters is 2. The van der Waals surface area contributed by atoms with Crippen molar-refractivity contribution in [3.05, 3.63) is 35.3 Å². The molecule has 4 bridgehead atoms. The molecule has 0 amide bonds. The number of hydrogen-bond donors (Lipinski definition) is 0. The van der Waals surface area contributed by atoms with E-state index in [2.05, 4.69) is 6.58 Å². The molecule has 0 aromatic carbocycles. The van der Waals surface area contributed by atoms with E-state index in [-0.39, 0.29) is 30.2 Å². The first-order valence-electron chi connectivity index (χ1n) is 9.70. The van der Waals surface area contributed by atoms with Crippen LogP contribution in [-0.4, -0.2) is 42.5 Å². The van der Waals surface area contributed by atoms with Gasteiger partial charge in [0.15, 0.2) is 5.60 Å². The molecule has 150 valence electrons. The van der Waals surface area contributed by atoms with E-state index in [0.717, 1.165) is 5.57 Å². The van der Waals surface area contributed by atoms with Gasteiger partial charge in [0.05, 0.1) is 7.11 Å². The molecule has 0 saturated carbocycles. The van der Waals surface area contributed by atoms with E-state index in [4.69, 9.17) is 23.4 Å². The maximum absolute atomic E-state index is 12.5. The highest BCUT2D eigenvalue weighted by molar-refractivity contribution is 5.90. The minimum atomic E-state index is -0.828. The Balaban J connectivity index is 1.53. The summed E-state index contributed by atoms with van der Waals surface area (Å²) in [4.78, 5) is 24.8. The molecule has 28 heavy (non-hydrogen) atoms. The topological polar surface area (TPSA) is 90.8 Å². The molecule has 0 spiro atoms. The van der Waals surface area contributed by atoms with Crippen molar-refractivity contribution in [3.63, 3.8) is 0 Å². The number of ether oxygens (including phenoxy) is 4. The van der Waals surface area contributed by atoms with Gasteiger partial charge in [-0.1, -0.05) is 12.2 Å². The number of rotatable bonds is 2. The third-order valence-electron chi connectivity index (χ3n) is 6.66. The molecule has 0 radical (unpaired) electrons. The van der Waals surface area contributed by atoms with Crippen LogP contribution in [0.2, 0.25) is 0 Å². The Morgan fingerprint density at radius 3 is 2.82 bits per heavy atom. The van der Waals surface area contributed by atoms with Crippen molar-refractivity contribution in [2.24, 2.45) is 5.92 Å². The van der Waals surface area contributed by atoms with E-state index < -0.39 is 17.2 Å². The zero-order chi connectivity index (χ0) is 19.8. The molecule has 4 aliphatic rings. The maximum atomic E-state index is 12.5. The Morgan fingerprint density at radius 1 is 1.36 bits per heavy atom. The van der Waals surface area contributed by atoms with Crippen LogP contribution in [-0.2, 0) is 30.2 Å². The van der Waals surface area contributed by atoms with Gasteiger partial charge >= 0.3 is 11.9 Å². The van der Waals surface area contributed by atoms with Gasteiger partial charge in [-0.3, -0.25) is 0 Å². The van der Waals surface area contributed by atoms with Crippen LogP contribution >= 0.6 is 0 Å². The average molecular weight is 388 g/mol. The highest BCUT2D eigenvalue weighted by atomic mass is 16.7. The first-order valence-corrected chi connectivity index (χ1v) is 9.70. The quantitative estimate of drug-likeness (QED) is 0.437. The molecule has 4 aliphatic heterocycles. The van der Waals surface area contributed by atoms with E-state index in [0.29, 0.717) is 42.8 Å². The molecular weight excluding hydrogens is 364 g/mol. The van der Waals surface area contributed by atoms with Gasteiger partial charge in [-0.05, 0) is 38.7 Å². The lowest BCUT2D eigenvalue weighted by molar-refractivity contribution is -0.154. The Hall–Kier alpha value is -2.12. The summed E-state index contributed by atoms with van der Waals surface area (Å²) in [5, 5.41) is 0. The number of allylic oxidation sites excluding steroid dienone is 1. The first kappa shape index (κ1) is 17.9. The molecule has 3 saturated heterocycles. The van der Waals surface area contributed by atoms with Crippen LogP contribution in [0.1, 0.15) is 61.1 Å². The second-order valence-corrected chi connectivity index (χ2v) is 8.65. The maximum Gasteiger partial charge on any atom is 0.341 e. The molecule has 0 N–H and O–H groups in total. The second-order valence-electron chi connectivity index (χ2n) is 8.65. The molecule has 7 nitrogen and oxygen atoms in total. The number of carbonyl (C=O) groups excluding carboxylic acids is 2. The van der Waals surface area contributed by atoms with Gasteiger partial charge in [0.25, 0.3) is 0 Å². The summed E-state index contributed by atoms with van der Waals surface area (Å²) in [5.74, 6) is 0.521. The van der Waals surface area contributed by atoms with Crippen LogP contribution in [0, 0.1) is 5.92 Å². The normalized spacial score (nSPS) is 40.8. The van der Waals surface area contributed by atoms with Gasteiger partial charge in [-0.15, -0.1) is 0 Å². The zero-order valence-electron chi connectivity index (χ0n) is 16.3. The SMILES string of the molecule is C=C(C)[C@H]1CC[C@@]23O[C@@H]2[C@@H](C[C@]2(C)O[C@@H]2c2cc(C(=O)OC)c(o2)C1)OC3=O. The molecule has 6 atom stereocenters. The van der Waals surface area contributed by atoms with Crippen molar-refractivity contribution in [3.8, 4) is 0 Å². The number of methoxy groups -OCH3 is 1. The lowest BCUT2D eigenvalue weighted by Crippen LogP contribution is -2.24. The molecule has 5 heterocycles.